The van der Waals surface area contributed by atoms with Crippen LogP contribution in [-0.4, -0.2) is 0 Å². The number of anilines is 1. The number of nitrogens with zero attached hydrogens (tertiary/aromatic N) is 1. The Bertz CT molecular complexity index is 652. The highest BCUT2D eigenvalue weighted by atomic mass is 79.9. The molecule has 0 amide bonds. The predicted molar refractivity (Wildman–Crippen MR) is 77.6 cm³/mol. The Morgan fingerprint density at radius 3 is 2.79 bits per heavy atom. The highest BCUT2D eigenvalue weighted by Gasteiger charge is 2.07. The normalized spacial score (nSPS) is 10.0. The lowest BCUT2D eigenvalue weighted by molar-refractivity contribution is 0.609. The number of halogens is 3. The highest BCUT2D eigenvalue weighted by Crippen LogP contribution is 2.26. The summed E-state index contributed by atoms with van der Waals surface area (Å²) in [4.78, 5) is 0. The van der Waals surface area contributed by atoms with Gasteiger partial charge in [-0.05, 0) is 40.2 Å². The van der Waals surface area contributed by atoms with E-state index in [4.69, 9.17) is 16.9 Å². The molecule has 0 spiro atoms. The molecule has 0 saturated heterocycles. The Morgan fingerprint density at radius 2 is 2.11 bits per heavy atom. The second kappa shape index (κ2) is 6.05. The van der Waals surface area contributed by atoms with Gasteiger partial charge in [0, 0.05) is 22.3 Å². The molecule has 1 N–H and O–H groups in total. The summed E-state index contributed by atoms with van der Waals surface area (Å²) in [6.45, 7) is 0.301. The molecule has 0 atom stereocenters. The van der Waals surface area contributed by atoms with Crippen LogP contribution < -0.4 is 5.32 Å². The van der Waals surface area contributed by atoms with Gasteiger partial charge in [-0.1, -0.05) is 23.7 Å². The molecule has 0 aromatic heterocycles. The summed E-state index contributed by atoms with van der Waals surface area (Å²) in [7, 11) is 0. The average molecular weight is 340 g/mol. The van der Waals surface area contributed by atoms with Crippen LogP contribution >= 0.6 is 27.5 Å². The fourth-order valence-corrected chi connectivity index (χ4v) is 2.10. The van der Waals surface area contributed by atoms with Crippen molar-refractivity contribution in [3.05, 3.63) is 62.8 Å². The standard InChI is InChI=1S/C14H9BrClFN2/c15-12-6-11(4-5-13(12)16)19-8-10-3-1-2-9(7-18)14(10)17/h1-6,19H,8H2. The van der Waals surface area contributed by atoms with Crippen LogP contribution in [0.5, 0.6) is 0 Å². The van der Waals surface area contributed by atoms with Gasteiger partial charge in [0.2, 0.25) is 0 Å². The smallest absolute Gasteiger partial charge is 0.145 e. The third-order valence-corrected chi connectivity index (χ3v) is 3.82. The summed E-state index contributed by atoms with van der Waals surface area (Å²) in [5.41, 5.74) is 1.32. The van der Waals surface area contributed by atoms with Crippen molar-refractivity contribution < 1.29 is 4.39 Å². The molecular formula is C14H9BrClFN2. The minimum atomic E-state index is -0.481. The second-order valence-corrected chi connectivity index (χ2v) is 5.13. The van der Waals surface area contributed by atoms with E-state index in [1.807, 2.05) is 12.1 Å². The SMILES string of the molecule is N#Cc1cccc(CNc2ccc(Cl)c(Br)c2)c1F. The maximum absolute atomic E-state index is 13.8. The molecule has 5 heteroatoms. The molecule has 2 aromatic rings. The zero-order chi connectivity index (χ0) is 13.8. The van der Waals surface area contributed by atoms with E-state index < -0.39 is 5.82 Å². The molecule has 0 fully saturated rings. The van der Waals surface area contributed by atoms with Crippen LogP contribution in [0.15, 0.2) is 40.9 Å². The van der Waals surface area contributed by atoms with Crippen LogP contribution in [0.2, 0.25) is 5.02 Å². The van der Waals surface area contributed by atoms with E-state index in [9.17, 15) is 4.39 Å². The maximum atomic E-state index is 13.8. The number of nitrogens with one attached hydrogen (secondary N) is 1. The van der Waals surface area contributed by atoms with Crippen LogP contribution in [0.1, 0.15) is 11.1 Å². The van der Waals surface area contributed by atoms with Crippen molar-refractivity contribution in [2.45, 2.75) is 6.54 Å². The molecule has 0 aliphatic heterocycles. The molecule has 2 aromatic carbocycles. The average Bonchev–Trinajstić information content (AvgIpc) is 2.41. The quantitative estimate of drug-likeness (QED) is 0.878. The van der Waals surface area contributed by atoms with Crippen molar-refractivity contribution in [1.82, 2.24) is 0 Å². The summed E-state index contributed by atoms with van der Waals surface area (Å²) in [5, 5.41) is 12.5. The molecular weight excluding hydrogens is 331 g/mol. The highest BCUT2D eigenvalue weighted by molar-refractivity contribution is 9.10. The van der Waals surface area contributed by atoms with Gasteiger partial charge in [-0.15, -0.1) is 0 Å². The van der Waals surface area contributed by atoms with Crippen molar-refractivity contribution in [2.24, 2.45) is 0 Å². The monoisotopic (exact) mass is 338 g/mol. The number of hydrogen-bond donors (Lipinski definition) is 1. The first-order valence-corrected chi connectivity index (χ1v) is 6.65. The largest absolute Gasteiger partial charge is 0.381 e. The first kappa shape index (κ1) is 13.9. The Morgan fingerprint density at radius 1 is 1.32 bits per heavy atom. The topological polar surface area (TPSA) is 35.8 Å². The Labute approximate surface area is 123 Å². The van der Waals surface area contributed by atoms with E-state index in [1.165, 1.54) is 6.07 Å². The van der Waals surface area contributed by atoms with E-state index in [-0.39, 0.29) is 5.56 Å². The Kier molecular flexibility index (Phi) is 4.41. The van der Waals surface area contributed by atoms with Crippen LogP contribution in [-0.2, 0) is 6.54 Å². The van der Waals surface area contributed by atoms with Gasteiger partial charge < -0.3 is 5.32 Å². The van der Waals surface area contributed by atoms with Crippen LogP contribution in [0, 0.1) is 17.1 Å². The second-order valence-electron chi connectivity index (χ2n) is 3.87. The minimum absolute atomic E-state index is 0.0524. The zero-order valence-electron chi connectivity index (χ0n) is 9.75. The van der Waals surface area contributed by atoms with Gasteiger partial charge in [0.15, 0.2) is 0 Å². The number of nitriles is 1. The van der Waals surface area contributed by atoms with Crippen LogP contribution in [0.3, 0.4) is 0 Å². The van der Waals surface area contributed by atoms with E-state index in [0.29, 0.717) is 17.1 Å². The van der Waals surface area contributed by atoms with Gasteiger partial charge in [0.1, 0.15) is 11.9 Å². The zero-order valence-corrected chi connectivity index (χ0v) is 12.1. The van der Waals surface area contributed by atoms with Crippen molar-refractivity contribution >= 4 is 33.2 Å². The molecule has 2 nitrogen and oxygen atoms in total. The van der Waals surface area contributed by atoms with Crippen molar-refractivity contribution in [2.75, 3.05) is 5.32 Å². The van der Waals surface area contributed by atoms with Crippen LogP contribution in [0.25, 0.3) is 0 Å². The van der Waals surface area contributed by atoms with E-state index in [2.05, 4.69) is 21.2 Å². The predicted octanol–water partition coefficient (Wildman–Crippen LogP) is 4.73. The molecule has 2 rings (SSSR count). The maximum Gasteiger partial charge on any atom is 0.145 e. The fraction of sp³-hybridized carbons (Fsp3) is 0.0714. The molecule has 19 heavy (non-hydrogen) atoms. The van der Waals surface area contributed by atoms with Gasteiger partial charge >= 0.3 is 0 Å². The molecule has 0 saturated carbocycles. The van der Waals surface area contributed by atoms with E-state index in [0.717, 1.165) is 10.2 Å². The molecule has 0 radical (unpaired) electrons. The third-order valence-electron chi connectivity index (χ3n) is 2.60. The van der Waals surface area contributed by atoms with Crippen molar-refractivity contribution in [3.8, 4) is 6.07 Å². The first-order valence-electron chi connectivity index (χ1n) is 5.48. The molecule has 0 aliphatic carbocycles. The molecule has 96 valence electrons. The van der Waals surface area contributed by atoms with E-state index in [1.54, 1.807) is 24.3 Å². The lowest BCUT2D eigenvalue weighted by atomic mass is 10.1. The molecule has 0 heterocycles. The van der Waals surface area contributed by atoms with Gasteiger partial charge in [-0.25, -0.2) is 4.39 Å². The lowest BCUT2D eigenvalue weighted by Gasteiger charge is -2.09. The molecule has 0 unspecified atom stereocenters. The summed E-state index contributed by atoms with van der Waals surface area (Å²) >= 11 is 9.21. The Balaban J connectivity index is 2.15. The number of benzene rings is 2. The van der Waals surface area contributed by atoms with Gasteiger partial charge in [-0.2, -0.15) is 5.26 Å². The van der Waals surface area contributed by atoms with Gasteiger partial charge in [0.05, 0.1) is 10.6 Å². The number of hydrogen-bond acceptors (Lipinski definition) is 2. The van der Waals surface area contributed by atoms with Crippen molar-refractivity contribution in [3.63, 3.8) is 0 Å². The Hall–Kier alpha value is -1.57. The molecule has 0 aliphatic rings. The van der Waals surface area contributed by atoms with Gasteiger partial charge in [0.25, 0.3) is 0 Å². The minimum Gasteiger partial charge on any atom is -0.381 e. The number of rotatable bonds is 3. The summed E-state index contributed by atoms with van der Waals surface area (Å²) < 4.78 is 14.6. The first-order chi connectivity index (χ1) is 9.11. The lowest BCUT2D eigenvalue weighted by Crippen LogP contribution is -2.03. The third kappa shape index (κ3) is 3.25. The summed E-state index contributed by atoms with van der Waals surface area (Å²) in [6, 6.07) is 12.0. The van der Waals surface area contributed by atoms with E-state index >= 15 is 0 Å². The van der Waals surface area contributed by atoms with Crippen LogP contribution in [0.4, 0.5) is 10.1 Å². The fourth-order valence-electron chi connectivity index (χ4n) is 1.61. The summed E-state index contributed by atoms with van der Waals surface area (Å²) in [5.74, 6) is -0.481. The van der Waals surface area contributed by atoms with Crippen molar-refractivity contribution in [1.29, 1.82) is 5.26 Å². The van der Waals surface area contributed by atoms with Gasteiger partial charge in [-0.3, -0.25) is 0 Å². The molecule has 0 bridgehead atoms. The summed E-state index contributed by atoms with van der Waals surface area (Å²) in [6.07, 6.45) is 0.